The van der Waals surface area contributed by atoms with Crippen molar-refractivity contribution in [2.45, 2.75) is 31.9 Å². The van der Waals surface area contributed by atoms with Crippen LogP contribution in [0.2, 0.25) is 0 Å². The monoisotopic (exact) mass is 450 g/mol. The summed E-state index contributed by atoms with van der Waals surface area (Å²) in [5, 5.41) is 11.9. The Morgan fingerprint density at radius 2 is 2.19 bits per heavy atom. The molecule has 2 atom stereocenters. The number of methoxy groups -OCH3 is 1. The summed E-state index contributed by atoms with van der Waals surface area (Å²) in [5.41, 5.74) is 1.07. The van der Waals surface area contributed by atoms with Crippen molar-refractivity contribution in [3.63, 3.8) is 0 Å². The Labute approximate surface area is 187 Å². The van der Waals surface area contributed by atoms with Gasteiger partial charge < -0.3 is 19.5 Å². The lowest BCUT2D eigenvalue weighted by Crippen LogP contribution is -2.47. The maximum atomic E-state index is 14.0. The number of rotatable bonds is 11. The number of ether oxygens (including phenoxy) is 2. The van der Waals surface area contributed by atoms with Crippen LogP contribution >= 0.6 is 11.3 Å². The lowest BCUT2D eigenvalue weighted by Gasteiger charge is -2.37. The van der Waals surface area contributed by atoms with Crippen molar-refractivity contribution in [2.75, 3.05) is 46.5 Å². The highest BCUT2D eigenvalue weighted by molar-refractivity contribution is 7.10. The summed E-state index contributed by atoms with van der Waals surface area (Å²) in [7, 11) is 1.65. The number of benzene rings is 1. The summed E-state index contributed by atoms with van der Waals surface area (Å²) in [5.74, 6) is -0.243. The van der Waals surface area contributed by atoms with Crippen LogP contribution in [0.4, 0.5) is 4.39 Å². The van der Waals surface area contributed by atoms with E-state index in [0.717, 1.165) is 18.4 Å². The van der Waals surface area contributed by atoms with Crippen molar-refractivity contribution in [3.8, 4) is 5.75 Å². The molecule has 170 valence electrons. The van der Waals surface area contributed by atoms with Crippen molar-refractivity contribution in [1.29, 1.82) is 0 Å². The minimum absolute atomic E-state index is 0.0166. The number of hydrogen-bond donors (Lipinski definition) is 1. The lowest BCUT2D eigenvalue weighted by molar-refractivity contribution is -0.136. The summed E-state index contributed by atoms with van der Waals surface area (Å²) < 4.78 is 24.9. The largest absolute Gasteiger partial charge is 0.488 e. The summed E-state index contributed by atoms with van der Waals surface area (Å²) in [6.45, 7) is 4.41. The number of thiophene rings is 1. The van der Waals surface area contributed by atoms with Crippen molar-refractivity contribution < 1.29 is 23.8 Å². The molecule has 1 N–H and O–H groups in total. The number of amides is 1. The number of aliphatic hydroxyl groups is 1. The van der Waals surface area contributed by atoms with E-state index in [1.807, 2.05) is 21.2 Å². The molecule has 1 aromatic heterocycles. The van der Waals surface area contributed by atoms with Crippen LogP contribution < -0.4 is 4.74 Å². The topological polar surface area (TPSA) is 62.2 Å². The zero-order valence-electron chi connectivity index (χ0n) is 18.1. The maximum absolute atomic E-state index is 14.0. The van der Waals surface area contributed by atoms with Gasteiger partial charge in [0, 0.05) is 38.2 Å². The SMILES string of the molecule is COCCCN(CC(=O)N1CCc2sccc2[C@H]1COc1ccccc1F)C[C@@H](C)O. The van der Waals surface area contributed by atoms with Gasteiger partial charge in [0.25, 0.3) is 0 Å². The molecule has 0 bridgehead atoms. The van der Waals surface area contributed by atoms with Crippen LogP contribution in [-0.4, -0.2) is 73.4 Å². The molecule has 31 heavy (non-hydrogen) atoms. The van der Waals surface area contributed by atoms with Gasteiger partial charge >= 0.3 is 0 Å². The van der Waals surface area contributed by atoms with Gasteiger partial charge in [-0.25, -0.2) is 4.39 Å². The van der Waals surface area contributed by atoms with Gasteiger partial charge in [0.2, 0.25) is 5.91 Å². The minimum atomic E-state index is -0.527. The molecule has 0 fully saturated rings. The van der Waals surface area contributed by atoms with Crippen LogP contribution in [0, 0.1) is 5.82 Å². The molecule has 0 aliphatic carbocycles. The number of hydrogen-bond acceptors (Lipinski definition) is 6. The zero-order valence-corrected chi connectivity index (χ0v) is 18.9. The molecule has 0 radical (unpaired) electrons. The molecule has 3 rings (SSSR count). The number of carbonyl (C=O) groups is 1. The van der Waals surface area contributed by atoms with Gasteiger partial charge in [0.1, 0.15) is 6.61 Å². The van der Waals surface area contributed by atoms with Gasteiger partial charge in [-0.3, -0.25) is 9.69 Å². The number of nitrogens with zero attached hydrogens (tertiary/aromatic N) is 2. The minimum Gasteiger partial charge on any atom is -0.488 e. The molecule has 0 unspecified atom stereocenters. The maximum Gasteiger partial charge on any atom is 0.237 e. The fourth-order valence-corrected chi connectivity index (χ4v) is 4.86. The van der Waals surface area contributed by atoms with E-state index in [0.29, 0.717) is 26.2 Å². The Hall–Kier alpha value is -2.00. The van der Waals surface area contributed by atoms with E-state index >= 15 is 0 Å². The highest BCUT2D eigenvalue weighted by atomic mass is 32.1. The van der Waals surface area contributed by atoms with E-state index in [1.165, 1.54) is 10.9 Å². The third-order valence-electron chi connectivity index (χ3n) is 5.35. The first-order valence-corrected chi connectivity index (χ1v) is 11.5. The second-order valence-corrected chi connectivity index (χ2v) is 8.82. The van der Waals surface area contributed by atoms with Gasteiger partial charge in [0.05, 0.1) is 18.7 Å². The highest BCUT2D eigenvalue weighted by Gasteiger charge is 2.33. The average Bonchev–Trinajstić information content (AvgIpc) is 3.21. The molecule has 6 nitrogen and oxygen atoms in total. The second kappa shape index (κ2) is 11.6. The van der Waals surface area contributed by atoms with Crippen LogP contribution in [0.1, 0.15) is 29.8 Å². The van der Waals surface area contributed by atoms with Crippen molar-refractivity contribution in [2.24, 2.45) is 0 Å². The number of para-hydroxylation sites is 1. The Morgan fingerprint density at radius 1 is 1.39 bits per heavy atom. The predicted molar refractivity (Wildman–Crippen MR) is 119 cm³/mol. The van der Waals surface area contributed by atoms with Crippen molar-refractivity contribution in [3.05, 3.63) is 52.0 Å². The van der Waals surface area contributed by atoms with E-state index in [1.54, 1.807) is 43.6 Å². The quantitative estimate of drug-likeness (QED) is 0.533. The highest BCUT2D eigenvalue weighted by Crippen LogP contribution is 2.34. The Morgan fingerprint density at radius 3 is 2.94 bits per heavy atom. The Kier molecular flexibility index (Phi) is 8.83. The van der Waals surface area contributed by atoms with Crippen molar-refractivity contribution in [1.82, 2.24) is 9.80 Å². The fraction of sp³-hybridized carbons (Fsp3) is 0.522. The third kappa shape index (κ3) is 6.49. The summed E-state index contributed by atoms with van der Waals surface area (Å²) in [6.07, 6.45) is 1.06. The second-order valence-electron chi connectivity index (χ2n) is 7.82. The smallest absolute Gasteiger partial charge is 0.237 e. The summed E-state index contributed by atoms with van der Waals surface area (Å²) in [6, 6.07) is 8.07. The van der Waals surface area contributed by atoms with Crippen LogP contribution in [0.3, 0.4) is 0 Å². The Balaban J connectivity index is 1.72. The first-order chi connectivity index (χ1) is 15.0. The van der Waals surface area contributed by atoms with E-state index in [-0.39, 0.29) is 30.9 Å². The lowest BCUT2D eigenvalue weighted by atomic mass is 10.0. The number of fused-ring (bicyclic) bond motifs is 1. The summed E-state index contributed by atoms with van der Waals surface area (Å²) in [4.78, 5) is 18.3. The summed E-state index contributed by atoms with van der Waals surface area (Å²) >= 11 is 1.68. The number of aliphatic hydroxyl groups excluding tert-OH is 1. The van der Waals surface area contributed by atoms with E-state index in [9.17, 15) is 14.3 Å². The van der Waals surface area contributed by atoms with Crippen LogP contribution in [0.25, 0.3) is 0 Å². The molecule has 0 saturated heterocycles. The van der Waals surface area contributed by atoms with Gasteiger partial charge in [-0.2, -0.15) is 0 Å². The zero-order chi connectivity index (χ0) is 22.2. The van der Waals surface area contributed by atoms with Crippen LogP contribution in [-0.2, 0) is 16.0 Å². The van der Waals surface area contributed by atoms with Gasteiger partial charge in [-0.05, 0) is 48.9 Å². The molecule has 1 aliphatic rings. The molecular formula is C23H31FN2O4S. The first-order valence-electron chi connectivity index (χ1n) is 10.6. The third-order valence-corrected chi connectivity index (χ3v) is 6.35. The van der Waals surface area contributed by atoms with Gasteiger partial charge in [-0.1, -0.05) is 12.1 Å². The molecule has 1 aliphatic heterocycles. The van der Waals surface area contributed by atoms with Crippen LogP contribution in [0.15, 0.2) is 35.7 Å². The van der Waals surface area contributed by atoms with E-state index in [2.05, 4.69) is 0 Å². The predicted octanol–water partition coefficient (Wildman–Crippen LogP) is 3.11. The van der Waals surface area contributed by atoms with Gasteiger partial charge in [0.15, 0.2) is 11.6 Å². The number of halogens is 1. The average molecular weight is 451 g/mol. The molecule has 2 heterocycles. The molecule has 2 aromatic rings. The molecule has 8 heteroatoms. The molecule has 0 saturated carbocycles. The molecule has 1 amide bonds. The molecular weight excluding hydrogens is 419 g/mol. The van der Waals surface area contributed by atoms with E-state index in [4.69, 9.17) is 9.47 Å². The normalized spacial score (nSPS) is 16.9. The first kappa shape index (κ1) is 23.7. The Bertz CT molecular complexity index is 844. The molecule has 1 aromatic carbocycles. The van der Waals surface area contributed by atoms with E-state index < -0.39 is 11.9 Å². The standard InChI is InChI=1S/C23H31FN2O4S/c1-17(27)14-25(10-5-12-29-2)15-23(28)26-11-8-22-18(9-13-31-22)20(26)16-30-21-7-4-3-6-19(21)24/h3-4,6-7,9,13,17,20,27H,5,8,10-12,14-16H2,1-2H3/t17-,20-/m1/s1. The number of carbonyl (C=O) groups excluding carboxylic acids is 1. The molecule has 0 spiro atoms. The van der Waals surface area contributed by atoms with Crippen molar-refractivity contribution >= 4 is 17.2 Å². The van der Waals surface area contributed by atoms with Gasteiger partial charge in [-0.15, -0.1) is 11.3 Å². The fourth-order valence-electron chi connectivity index (χ4n) is 3.93. The van der Waals surface area contributed by atoms with Crippen LogP contribution in [0.5, 0.6) is 5.75 Å².